The monoisotopic (exact) mass is 447 g/mol. The summed E-state index contributed by atoms with van der Waals surface area (Å²) in [7, 11) is 0. The smallest absolute Gasteiger partial charge is 0.240 e. The highest BCUT2D eigenvalue weighted by atomic mass is 32.1. The Morgan fingerprint density at radius 1 is 1.16 bits per heavy atom. The van der Waals surface area contributed by atoms with Crippen LogP contribution in [0.3, 0.4) is 0 Å². The van der Waals surface area contributed by atoms with Gasteiger partial charge in [0.1, 0.15) is 10.5 Å². The zero-order chi connectivity index (χ0) is 21.5. The standard InChI is InChI=1S/C25H29N5OS/c31-24(18-15-25(16-28-18)9-12-26-13-10-25)30-14-4-7-19(30)23-29-22-20(32-23)8-11-27-21(22)17-5-2-1-3-6-17/h1-3,5-6,8,11,18-19,26,28H,4,7,9-10,12-16H2. The summed E-state index contributed by atoms with van der Waals surface area (Å²) in [5, 5.41) is 8.08. The van der Waals surface area contributed by atoms with Gasteiger partial charge in [0.2, 0.25) is 5.91 Å². The fraction of sp³-hybridized carbons (Fsp3) is 0.480. The van der Waals surface area contributed by atoms with E-state index in [1.54, 1.807) is 11.3 Å². The van der Waals surface area contributed by atoms with Crippen LogP contribution in [-0.2, 0) is 4.79 Å². The van der Waals surface area contributed by atoms with Gasteiger partial charge in [-0.05, 0) is 56.7 Å². The second-order valence-corrected chi connectivity index (χ2v) is 10.6. The van der Waals surface area contributed by atoms with E-state index >= 15 is 0 Å². The van der Waals surface area contributed by atoms with E-state index in [1.807, 2.05) is 30.5 Å². The summed E-state index contributed by atoms with van der Waals surface area (Å²) in [6.07, 6.45) is 7.20. The minimum absolute atomic E-state index is 0.0513. The summed E-state index contributed by atoms with van der Waals surface area (Å²) in [6.45, 7) is 3.93. The summed E-state index contributed by atoms with van der Waals surface area (Å²) in [5.74, 6) is 0.267. The summed E-state index contributed by atoms with van der Waals surface area (Å²) in [4.78, 5) is 25.4. The lowest BCUT2D eigenvalue weighted by Gasteiger charge is -2.33. The van der Waals surface area contributed by atoms with Crippen molar-refractivity contribution in [1.82, 2.24) is 25.5 Å². The highest BCUT2D eigenvalue weighted by Gasteiger charge is 2.45. The molecule has 6 rings (SSSR count). The third kappa shape index (κ3) is 3.52. The number of nitrogens with one attached hydrogen (secondary N) is 2. The molecule has 2 unspecified atom stereocenters. The Kier molecular flexibility index (Phi) is 5.20. The number of rotatable bonds is 3. The van der Waals surface area contributed by atoms with Crippen LogP contribution in [-0.4, -0.2) is 53.0 Å². The van der Waals surface area contributed by atoms with Crippen LogP contribution in [0.4, 0.5) is 0 Å². The van der Waals surface area contributed by atoms with Crippen molar-refractivity contribution in [2.75, 3.05) is 26.2 Å². The van der Waals surface area contributed by atoms with Gasteiger partial charge in [-0.3, -0.25) is 9.78 Å². The first kappa shape index (κ1) is 20.3. The SMILES string of the molecule is O=C(C1CC2(CCNCC2)CN1)N1CCCC1c1nc2c(-c3ccccc3)nccc2s1. The normalized spacial score (nSPS) is 25.1. The van der Waals surface area contributed by atoms with Crippen LogP contribution in [0.1, 0.15) is 43.2 Å². The summed E-state index contributed by atoms with van der Waals surface area (Å²) < 4.78 is 1.14. The number of fused-ring (bicyclic) bond motifs is 1. The Morgan fingerprint density at radius 3 is 2.84 bits per heavy atom. The number of thiazole rings is 1. The minimum Gasteiger partial charge on any atom is -0.332 e. The molecule has 6 nitrogen and oxygen atoms in total. The fourth-order valence-corrected chi connectivity index (χ4v) is 6.85. The molecule has 0 aliphatic carbocycles. The van der Waals surface area contributed by atoms with E-state index in [0.717, 1.165) is 71.9 Å². The summed E-state index contributed by atoms with van der Waals surface area (Å²) in [5.41, 5.74) is 3.25. The van der Waals surface area contributed by atoms with Crippen LogP contribution in [0.2, 0.25) is 0 Å². The average Bonchev–Trinajstić information content (AvgIpc) is 3.58. The van der Waals surface area contributed by atoms with Gasteiger partial charge in [-0.2, -0.15) is 0 Å². The van der Waals surface area contributed by atoms with Crippen molar-refractivity contribution >= 4 is 27.5 Å². The number of hydrogen-bond acceptors (Lipinski definition) is 6. The molecule has 2 N–H and O–H groups in total. The van der Waals surface area contributed by atoms with Gasteiger partial charge in [0.15, 0.2) is 0 Å². The van der Waals surface area contributed by atoms with Gasteiger partial charge in [0, 0.05) is 24.8 Å². The topological polar surface area (TPSA) is 70.2 Å². The lowest BCUT2D eigenvalue weighted by atomic mass is 9.77. The molecule has 0 saturated carbocycles. The highest BCUT2D eigenvalue weighted by Crippen LogP contribution is 2.41. The van der Waals surface area contributed by atoms with Crippen LogP contribution in [0, 0.1) is 5.41 Å². The molecular weight excluding hydrogens is 418 g/mol. The van der Waals surface area contributed by atoms with E-state index in [2.05, 4.69) is 32.7 Å². The predicted molar refractivity (Wildman–Crippen MR) is 127 cm³/mol. The number of likely N-dealkylation sites (tertiary alicyclic amines) is 1. The van der Waals surface area contributed by atoms with Gasteiger partial charge in [0.25, 0.3) is 0 Å². The maximum absolute atomic E-state index is 13.6. The molecule has 32 heavy (non-hydrogen) atoms. The van der Waals surface area contributed by atoms with Gasteiger partial charge in [0.05, 0.1) is 22.5 Å². The van der Waals surface area contributed by atoms with E-state index in [0.29, 0.717) is 5.41 Å². The molecule has 1 spiro atoms. The first-order valence-corrected chi connectivity index (χ1v) is 12.6. The largest absolute Gasteiger partial charge is 0.332 e. The molecular formula is C25H29N5OS. The quantitative estimate of drug-likeness (QED) is 0.640. The fourth-order valence-electron chi connectivity index (χ4n) is 5.74. The van der Waals surface area contributed by atoms with Gasteiger partial charge in [-0.25, -0.2) is 4.98 Å². The maximum Gasteiger partial charge on any atom is 0.240 e. The molecule has 166 valence electrons. The third-order valence-corrected chi connectivity index (χ3v) is 8.64. The molecule has 5 heterocycles. The molecule has 7 heteroatoms. The molecule has 2 aromatic heterocycles. The average molecular weight is 448 g/mol. The van der Waals surface area contributed by atoms with E-state index in [1.165, 1.54) is 12.8 Å². The van der Waals surface area contributed by atoms with Gasteiger partial charge < -0.3 is 15.5 Å². The lowest BCUT2D eigenvalue weighted by Crippen LogP contribution is -2.43. The Labute approximate surface area is 192 Å². The van der Waals surface area contributed by atoms with Crippen LogP contribution in [0.5, 0.6) is 0 Å². The lowest BCUT2D eigenvalue weighted by molar-refractivity contribution is -0.134. The molecule has 3 aliphatic rings. The zero-order valence-corrected chi connectivity index (χ0v) is 19.0. The van der Waals surface area contributed by atoms with Crippen LogP contribution in [0.25, 0.3) is 21.5 Å². The number of nitrogens with zero attached hydrogens (tertiary/aromatic N) is 3. The van der Waals surface area contributed by atoms with Gasteiger partial charge >= 0.3 is 0 Å². The Bertz CT molecular complexity index is 1120. The van der Waals surface area contributed by atoms with Crippen molar-refractivity contribution in [3.8, 4) is 11.3 Å². The number of carbonyl (C=O) groups excluding carboxylic acids is 1. The number of carbonyl (C=O) groups is 1. The van der Waals surface area contributed by atoms with Crippen LogP contribution < -0.4 is 10.6 Å². The van der Waals surface area contributed by atoms with Crippen molar-refractivity contribution in [2.24, 2.45) is 5.41 Å². The van der Waals surface area contributed by atoms with Crippen molar-refractivity contribution < 1.29 is 4.79 Å². The number of hydrogen-bond donors (Lipinski definition) is 2. The Balaban J connectivity index is 1.26. The van der Waals surface area contributed by atoms with Gasteiger partial charge in [-0.15, -0.1) is 11.3 Å². The first-order valence-electron chi connectivity index (χ1n) is 11.8. The van der Waals surface area contributed by atoms with Crippen molar-refractivity contribution in [3.05, 3.63) is 47.6 Å². The van der Waals surface area contributed by atoms with Crippen molar-refractivity contribution in [1.29, 1.82) is 0 Å². The summed E-state index contributed by atoms with van der Waals surface area (Å²) >= 11 is 1.71. The van der Waals surface area contributed by atoms with Crippen LogP contribution in [0.15, 0.2) is 42.6 Å². The van der Waals surface area contributed by atoms with Crippen LogP contribution >= 0.6 is 11.3 Å². The zero-order valence-electron chi connectivity index (χ0n) is 18.2. The first-order chi connectivity index (χ1) is 15.7. The van der Waals surface area contributed by atoms with Crippen molar-refractivity contribution in [2.45, 2.75) is 44.2 Å². The van der Waals surface area contributed by atoms with E-state index < -0.39 is 0 Å². The second-order valence-electron chi connectivity index (χ2n) is 9.50. The number of pyridine rings is 1. The van der Waals surface area contributed by atoms with E-state index in [-0.39, 0.29) is 18.0 Å². The number of aromatic nitrogens is 2. The van der Waals surface area contributed by atoms with E-state index in [4.69, 9.17) is 4.98 Å². The molecule has 3 saturated heterocycles. The predicted octanol–water partition coefficient (Wildman–Crippen LogP) is 3.75. The Hall–Kier alpha value is -2.35. The number of piperidine rings is 1. The second kappa shape index (κ2) is 8.21. The molecule has 3 fully saturated rings. The molecule has 1 amide bonds. The molecule has 3 aliphatic heterocycles. The minimum atomic E-state index is -0.0513. The number of amides is 1. The maximum atomic E-state index is 13.6. The molecule has 2 atom stereocenters. The van der Waals surface area contributed by atoms with Gasteiger partial charge in [-0.1, -0.05) is 30.3 Å². The molecule has 0 radical (unpaired) electrons. The van der Waals surface area contributed by atoms with Crippen molar-refractivity contribution in [3.63, 3.8) is 0 Å². The summed E-state index contributed by atoms with van der Waals surface area (Å²) in [6, 6.07) is 12.3. The highest BCUT2D eigenvalue weighted by molar-refractivity contribution is 7.18. The Morgan fingerprint density at radius 2 is 2.00 bits per heavy atom. The third-order valence-electron chi connectivity index (χ3n) is 7.51. The molecule has 3 aromatic rings. The molecule has 0 bridgehead atoms. The number of benzene rings is 1. The van der Waals surface area contributed by atoms with E-state index in [9.17, 15) is 4.79 Å². The molecule has 1 aromatic carbocycles.